The van der Waals surface area contributed by atoms with Gasteiger partial charge in [0, 0.05) is 6.04 Å². The van der Waals surface area contributed by atoms with E-state index in [2.05, 4.69) is 0 Å². The highest BCUT2D eigenvalue weighted by Crippen LogP contribution is 2.26. The second kappa shape index (κ2) is 5.35. The van der Waals surface area contributed by atoms with Gasteiger partial charge in [-0.3, -0.25) is 4.79 Å². The fourth-order valence-electron chi connectivity index (χ4n) is 2.18. The first-order valence-electron chi connectivity index (χ1n) is 6.08. The molecule has 0 radical (unpaired) electrons. The van der Waals surface area contributed by atoms with E-state index in [0.717, 1.165) is 31.7 Å². The number of amides is 1. The molecule has 1 aromatic carbocycles. The van der Waals surface area contributed by atoms with E-state index in [1.807, 2.05) is 0 Å². The van der Waals surface area contributed by atoms with Crippen molar-refractivity contribution in [3.8, 4) is 5.75 Å². The molecule has 4 nitrogen and oxygen atoms in total. The van der Waals surface area contributed by atoms with Gasteiger partial charge in [0.25, 0.3) is 5.91 Å². The van der Waals surface area contributed by atoms with Gasteiger partial charge in [-0.25, -0.2) is 4.39 Å². The minimum atomic E-state index is -0.683. The highest BCUT2D eigenvalue weighted by Gasteiger charge is 2.21. The van der Waals surface area contributed by atoms with Gasteiger partial charge in [-0.05, 0) is 43.9 Å². The van der Waals surface area contributed by atoms with Crippen LogP contribution in [0.2, 0.25) is 0 Å². The molecule has 0 aliphatic heterocycles. The zero-order valence-corrected chi connectivity index (χ0v) is 10.1. The maximum Gasteiger partial charge on any atom is 0.252 e. The van der Waals surface area contributed by atoms with Gasteiger partial charge in [-0.1, -0.05) is 0 Å². The second-order valence-electron chi connectivity index (χ2n) is 4.66. The van der Waals surface area contributed by atoms with E-state index in [-0.39, 0.29) is 17.7 Å². The number of halogens is 1. The molecular formula is C13H17FN2O2. The molecule has 1 fully saturated rings. The summed E-state index contributed by atoms with van der Waals surface area (Å²) < 4.78 is 18.8. The molecule has 5 heteroatoms. The minimum Gasteiger partial charge on any atom is -0.490 e. The summed E-state index contributed by atoms with van der Waals surface area (Å²) in [6, 6.07) is 4.04. The van der Waals surface area contributed by atoms with Crippen LogP contribution >= 0.6 is 0 Å². The number of carbonyl (C=O) groups excluding carboxylic acids is 1. The maximum absolute atomic E-state index is 13.1. The molecule has 0 heterocycles. The number of rotatable bonds is 3. The molecule has 0 bridgehead atoms. The van der Waals surface area contributed by atoms with Gasteiger partial charge < -0.3 is 16.2 Å². The average molecular weight is 252 g/mol. The van der Waals surface area contributed by atoms with Crippen molar-refractivity contribution in [1.29, 1.82) is 0 Å². The number of ether oxygens (including phenoxy) is 1. The Kier molecular flexibility index (Phi) is 3.81. The van der Waals surface area contributed by atoms with Crippen molar-refractivity contribution in [1.82, 2.24) is 0 Å². The monoisotopic (exact) mass is 252 g/mol. The summed E-state index contributed by atoms with van der Waals surface area (Å²) in [5.74, 6) is -0.830. The van der Waals surface area contributed by atoms with Crippen molar-refractivity contribution in [3.05, 3.63) is 29.6 Å². The maximum atomic E-state index is 13.1. The molecule has 0 unspecified atom stereocenters. The fourth-order valence-corrected chi connectivity index (χ4v) is 2.18. The van der Waals surface area contributed by atoms with Crippen molar-refractivity contribution in [2.24, 2.45) is 11.5 Å². The van der Waals surface area contributed by atoms with Crippen LogP contribution in [0.5, 0.6) is 5.75 Å². The predicted octanol–water partition coefficient (Wildman–Crippen LogP) is 1.57. The molecule has 1 aliphatic carbocycles. The zero-order valence-electron chi connectivity index (χ0n) is 10.1. The molecule has 0 saturated heterocycles. The Morgan fingerprint density at radius 3 is 2.56 bits per heavy atom. The van der Waals surface area contributed by atoms with E-state index in [0.29, 0.717) is 5.75 Å². The van der Waals surface area contributed by atoms with Gasteiger partial charge in [-0.2, -0.15) is 0 Å². The quantitative estimate of drug-likeness (QED) is 0.857. The lowest BCUT2D eigenvalue weighted by molar-refractivity contribution is 0.0986. The second-order valence-corrected chi connectivity index (χ2v) is 4.66. The van der Waals surface area contributed by atoms with Crippen LogP contribution < -0.4 is 16.2 Å². The molecule has 1 aliphatic rings. The third-order valence-corrected chi connectivity index (χ3v) is 3.22. The molecule has 2 rings (SSSR count). The minimum absolute atomic E-state index is 0.0216. The normalized spacial score (nSPS) is 23.7. The molecule has 18 heavy (non-hydrogen) atoms. The molecule has 0 spiro atoms. The third-order valence-electron chi connectivity index (χ3n) is 3.22. The van der Waals surface area contributed by atoms with Crippen LogP contribution in [-0.4, -0.2) is 18.1 Å². The predicted molar refractivity (Wildman–Crippen MR) is 65.8 cm³/mol. The van der Waals surface area contributed by atoms with Gasteiger partial charge in [-0.15, -0.1) is 0 Å². The summed E-state index contributed by atoms with van der Waals surface area (Å²) in [4.78, 5) is 11.2. The highest BCUT2D eigenvalue weighted by atomic mass is 19.1. The summed E-state index contributed by atoms with van der Waals surface area (Å²) >= 11 is 0. The lowest BCUT2D eigenvalue weighted by Gasteiger charge is -2.27. The SMILES string of the molecule is NC(=O)c1cc(F)ccc1OC1CCC(N)CC1. The first-order valence-corrected chi connectivity index (χ1v) is 6.08. The molecule has 1 aromatic rings. The molecule has 0 aromatic heterocycles. The Hall–Kier alpha value is -1.62. The van der Waals surface area contributed by atoms with Gasteiger partial charge in [0.1, 0.15) is 11.6 Å². The zero-order chi connectivity index (χ0) is 13.1. The molecule has 0 atom stereocenters. The number of hydrogen-bond donors (Lipinski definition) is 2. The first kappa shape index (κ1) is 12.8. The summed E-state index contributed by atoms with van der Waals surface area (Å²) in [5, 5.41) is 0. The lowest BCUT2D eigenvalue weighted by Crippen LogP contribution is -2.32. The summed E-state index contributed by atoms with van der Waals surface area (Å²) in [6.45, 7) is 0. The third kappa shape index (κ3) is 2.98. The standard InChI is InChI=1S/C13H17FN2O2/c14-8-1-6-12(11(7-8)13(16)17)18-10-4-2-9(15)3-5-10/h1,6-7,9-10H,2-5,15H2,(H2,16,17). The lowest BCUT2D eigenvalue weighted by atomic mass is 9.93. The molecule has 98 valence electrons. The number of carbonyl (C=O) groups is 1. The van der Waals surface area contributed by atoms with Crippen LogP contribution in [0.3, 0.4) is 0 Å². The number of hydrogen-bond acceptors (Lipinski definition) is 3. The van der Waals surface area contributed by atoms with E-state index in [4.69, 9.17) is 16.2 Å². The summed E-state index contributed by atoms with van der Waals surface area (Å²) in [5.41, 5.74) is 11.1. The van der Waals surface area contributed by atoms with Gasteiger partial charge >= 0.3 is 0 Å². The van der Waals surface area contributed by atoms with E-state index >= 15 is 0 Å². The Balaban J connectivity index is 2.11. The van der Waals surface area contributed by atoms with Crippen molar-refractivity contribution < 1.29 is 13.9 Å². The van der Waals surface area contributed by atoms with E-state index in [1.165, 1.54) is 12.1 Å². The van der Waals surface area contributed by atoms with Crippen molar-refractivity contribution in [2.75, 3.05) is 0 Å². The van der Waals surface area contributed by atoms with Gasteiger partial charge in [0.15, 0.2) is 0 Å². The van der Waals surface area contributed by atoms with Crippen molar-refractivity contribution in [2.45, 2.75) is 37.8 Å². The Morgan fingerprint density at radius 1 is 1.28 bits per heavy atom. The van der Waals surface area contributed by atoms with Crippen LogP contribution in [0.1, 0.15) is 36.0 Å². The van der Waals surface area contributed by atoms with Gasteiger partial charge in [0.2, 0.25) is 0 Å². The summed E-state index contributed by atoms with van der Waals surface area (Å²) in [6.07, 6.45) is 3.51. The Bertz CT molecular complexity index is 443. The molecule has 1 amide bonds. The number of primary amides is 1. The van der Waals surface area contributed by atoms with E-state index in [1.54, 1.807) is 0 Å². The number of nitrogens with two attached hydrogens (primary N) is 2. The average Bonchev–Trinajstić information content (AvgIpc) is 2.34. The van der Waals surface area contributed by atoms with Crippen LogP contribution in [0.25, 0.3) is 0 Å². The molecule has 4 N–H and O–H groups in total. The van der Waals surface area contributed by atoms with Gasteiger partial charge in [0.05, 0.1) is 11.7 Å². The summed E-state index contributed by atoms with van der Waals surface area (Å²) in [7, 11) is 0. The van der Waals surface area contributed by atoms with Crippen molar-refractivity contribution >= 4 is 5.91 Å². The Morgan fingerprint density at radius 2 is 1.94 bits per heavy atom. The van der Waals surface area contributed by atoms with E-state index < -0.39 is 11.7 Å². The van der Waals surface area contributed by atoms with Crippen molar-refractivity contribution in [3.63, 3.8) is 0 Å². The largest absolute Gasteiger partial charge is 0.490 e. The fraction of sp³-hybridized carbons (Fsp3) is 0.462. The molecular weight excluding hydrogens is 235 g/mol. The highest BCUT2D eigenvalue weighted by molar-refractivity contribution is 5.95. The van der Waals surface area contributed by atoms with Crippen LogP contribution in [-0.2, 0) is 0 Å². The first-order chi connectivity index (χ1) is 8.56. The van der Waals surface area contributed by atoms with Crippen LogP contribution in [0.4, 0.5) is 4.39 Å². The van der Waals surface area contributed by atoms with Crippen LogP contribution in [0.15, 0.2) is 18.2 Å². The topological polar surface area (TPSA) is 78.3 Å². The van der Waals surface area contributed by atoms with E-state index in [9.17, 15) is 9.18 Å². The molecule has 1 saturated carbocycles. The Labute approximate surface area is 105 Å². The van der Waals surface area contributed by atoms with Crippen LogP contribution in [0, 0.1) is 5.82 Å². The smallest absolute Gasteiger partial charge is 0.252 e. The number of benzene rings is 1.